The molecule has 1 N–H and O–H groups in total. The lowest BCUT2D eigenvalue weighted by Gasteiger charge is -2.01. The molecule has 0 saturated carbocycles. The first-order chi connectivity index (χ1) is 9.77. The minimum atomic E-state index is -0.209. The topological polar surface area (TPSA) is 41.5 Å². The molecule has 20 heavy (non-hydrogen) atoms. The molecule has 0 aliphatic carbocycles. The Labute approximate surface area is 131 Å². The highest BCUT2D eigenvalue weighted by Gasteiger charge is 2.06. The molecule has 0 spiro atoms. The van der Waals surface area contributed by atoms with E-state index in [4.69, 9.17) is 0 Å². The van der Waals surface area contributed by atoms with Gasteiger partial charge in [0.2, 0.25) is 0 Å². The summed E-state index contributed by atoms with van der Waals surface area (Å²) in [6, 6.07) is 17.3. The van der Waals surface area contributed by atoms with Crippen molar-refractivity contribution in [2.75, 3.05) is 0 Å². The molecule has 0 bridgehead atoms. The third-order valence-corrected chi connectivity index (χ3v) is 3.47. The van der Waals surface area contributed by atoms with Gasteiger partial charge in [-0.2, -0.15) is 5.10 Å². The van der Waals surface area contributed by atoms with Crippen molar-refractivity contribution in [1.82, 2.24) is 5.43 Å². The van der Waals surface area contributed by atoms with Crippen molar-refractivity contribution in [3.05, 3.63) is 75.4 Å². The number of nitrogens with one attached hydrogen (secondary N) is 1. The number of amides is 1. The van der Waals surface area contributed by atoms with E-state index in [0.717, 1.165) is 9.13 Å². The number of rotatable bonds is 4. The monoisotopic (exact) mass is 376 g/mol. The summed E-state index contributed by atoms with van der Waals surface area (Å²) in [4.78, 5) is 11.8. The Balaban J connectivity index is 1.89. The maximum Gasteiger partial charge on any atom is 0.272 e. The molecular weight excluding hydrogens is 363 g/mol. The predicted molar refractivity (Wildman–Crippen MR) is 90.6 cm³/mol. The summed E-state index contributed by atoms with van der Waals surface area (Å²) in [6.07, 6.45) is 5.26. The molecule has 0 fully saturated rings. The fraction of sp³-hybridized carbons (Fsp3) is 0. The Kier molecular flexibility index (Phi) is 5.49. The fourth-order valence-corrected chi connectivity index (χ4v) is 2.20. The van der Waals surface area contributed by atoms with E-state index in [1.807, 2.05) is 54.6 Å². The highest BCUT2D eigenvalue weighted by atomic mass is 127. The average molecular weight is 376 g/mol. The van der Waals surface area contributed by atoms with Gasteiger partial charge in [-0.3, -0.25) is 4.79 Å². The number of halogens is 1. The average Bonchev–Trinajstić information content (AvgIpc) is 2.48. The molecular formula is C16H13IN2O. The first kappa shape index (κ1) is 14.5. The number of hydrazone groups is 1. The van der Waals surface area contributed by atoms with E-state index < -0.39 is 0 Å². The van der Waals surface area contributed by atoms with Crippen LogP contribution in [0, 0.1) is 3.57 Å². The Bertz CT molecular complexity index is 636. The van der Waals surface area contributed by atoms with Crippen molar-refractivity contribution in [3.63, 3.8) is 0 Å². The molecule has 2 rings (SSSR count). The highest BCUT2D eigenvalue weighted by Crippen LogP contribution is 2.10. The first-order valence-electron chi connectivity index (χ1n) is 6.07. The number of carbonyl (C=O) groups is 1. The number of benzene rings is 2. The summed E-state index contributed by atoms with van der Waals surface area (Å²) in [5, 5.41) is 3.89. The summed E-state index contributed by atoms with van der Waals surface area (Å²) >= 11 is 2.13. The number of allylic oxidation sites excluding steroid dienone is 1. The van der Waals surface area contributed by atoms with Crippen LogP contribution in [0.15, 0.2) is 65.8 Å². The van der Waals surface area contributed by atoms with Gasteiger partial charge in [0.25, 0.3) is 5.91 Å². The van der Waals surface area contributed by atoms with Crippen LogP contribution in [-0.4, -0.2) is 12.1 Å². The number of hydrogen-bond acceptors (Lipinski definition) is 2. The molecule has 3 nitrogen and oxygen atoms in total. The van der Waals surface area contributed by atoms with Crippen molar-refractivity contribution in [2.45, 2.75) is 0 Å². The van der Waals surface area contributed by atoms with Crippen molar-refractivity contribution in [1.29, 1.82) is 0 Å². The molecule has 1 amide bonds. The molecule has 0 heterocycles. The maximum absolute atomic E-state index is 11.8. The molecule has 0 radical (unpaired) electrons. The van der Waals surface area contributed by atoms with Gasteiger partial charge >= 0.3 is 0 Å². The van der Waals surface area contributed by atoms with E-state index in [9.17, 15) is 4.79 Å². The number of carbonyl (C=O) groups excluding carboxylic acids is 1. The van der Waals surface area contributed by atoms with Gasteiger partial charge in [0.15, 0.2) is 0 Å². The predicted octanol–water partition coefficient (Wildman–Crippen LogP) is 3.72. The summed E-state index contributed by atoms with van der Waals surface area (Å²) < 4.78 is 0.901. The standard InChI is InChI=1S/C16H13IN2O/c17-15-11-5-4-10-14(15)16(20)19-18-12-6-9-13-7-2-1-3-8-13/h1-12H,(H,19,20)/b9-6+,18-12+. The van der Waals surface area contributed by atoms with Crippen LogP contribution in [0.3, 0.4) is 0 Å². The van der Waals surface area contributed by atoms with E-state index in [2.05, 4.69) is 33.1 Å². The van der Waals surface area contributed by atoms with Gasteiger partial charge in [0.05, 0.1) is 5.56 Å². The lowest BCUT2D eigenvalue weighted by atomic mass is 10.2. The van der Waals surface area contributed by atoms with Gasteiger partial charge < -0.3 is 0 Å². The lowest BCUT2D eigenvalue weighted by Crippen LogP contribution is -2.18. The van der Waals surface area contributed by atoms with Crippen molar-refractivity contribution in [3.8, 4) is 0 Å². The van der Waals surface area contributed by atoms with Crippen LogP contribution in [0.5, 0.6) is 0 Å². The van der Waals surface area contributed by atoms with Crippen LogP contribution in [0.25, 0.3) is 6.08 Å². The molecule has 0 aromatic heterocycles. The third-order valence-electron chi connectivity index (χ3n) is 2.53. The number of nitrogens with zero attached hydrogens (tertiary/aromatic N) is 1. The van der Waals surface area contributed by atoms with Crippen LogP contribution in [0.2, 0.25) is 0 Å². The van der Waals surface area contributed by atoms with E-state index in [1.54, 1.807) is 18.4 Å². The second-order valence-corrected chi connectivity index (χ2v) is 5.13. The quantitative estimate of drug-likeness (QED) is 0.493. The van der Waals surface area contributed by atoms with E-state index >= 15 is 0 Å². The van der Waals surface area contributed by atoms with Crippen LogP contribution in [0.1, 0.15) is 15.9 Å². The highest BCUT2D eigenvalue weighted by molar-refractivity contribution is 14.1. The van der Waals surface area contributed by atoms with Gasteiger partial charge in [-0.1, -0.05) is 48.5 Å². The Morgan fingerprint density at radius 3 is 2.50 bits per heavy atom. The molecule has 0 saturated heterocycles. The molecule has 2 aromatic rings. The van der Waals surface area contributed by atoms with Crippen molar-refractivity contribution in [2.24, 2.45) is 5.10 Å². The largest absolute Gasteiger partial charge is 0.272 e. The van der Waals surface area contributed by atoms with Crippen LogP contribution in [-0.2, 0) is 0 Å². The lowest BCUT2D eigenvalue weighted by molar-refractivity contribution is 0.0954. The molecule has 0 unspecified atom stereocenters. The van der Waals surface area contributed by atoms with E-state index in [1.165, 1.54) is 0 Å². The summed E-state index contributed by atoms with van der Waals surface area (Å²) in [7, 11) is 0. The van der Waals surface area contributed by atoms with Crippen LogP contribution < -0.4 is 5.43 Å². The molecule has 100 valence electrons. The zero-order chi connectivity index (χ0) is 14.2. The van der Waals surface area contributed by atoms with Crippen molar-refractivity contribution >= 4 is 40.8 Å². The smallest absolute Gasteiger partial charge is 0.267 e. The zero-order valence-electron chi connectivity index (χ0n) is 10.7. The van der Waals surface area contributed by atoms with Gasteiger partial charge in [0, 0.05) is 9.78 Å². The van der Waals surface area contributed by atoms with Gasteiger partial charge in [-0.15, -0.1) is 0 Å². The first-order valence-corrected chi connectivity index (χ1v) is 7.15. The van der Waals surface area contributed by atoms with Gasteiger partial charge in [0.1, 0.15) is 0 Å². The SMILES string of the molecule is O=C(N/N=C/C=C/c1ccccc1)c1ccccc1I. The maximum atomic E-state index is 11.8. The Morgan fingerprint density at radius 2 is 1.75 bits per heavy atom. The van der Waals surface area contributed by atoms with Gasteiger partial charge in [-0.05, 0) is 46.4 Å². The minimum absolute atomic E-state index is 0.209. The third kappa shape index (κ3) is 4.31. The molecule has 0 aliphatic heterocycles. The molecule has 4 heteroatoms. The van der Waals surface area contributed by atoms with E-state index in [-0.39, 0.29) is 5.91 Å². The van der Waals surface area contributed by atoms with Crippen LogP contribution >= 0.6 is 22.6 Å². The molecule has 2 aromatic carbocycles. The van der Waals surface area contributed by atoms with E-state index in [0.29, 0.717) is 5.56 Å². The molecule has 0 aliphatic rings. The van der Waals surface area contributed by atoms with Crippen LogP contribution in [0.4, 0.5) is 0 Å². The minimum Gasteiger partial charge on any atom is -0.267 e. The summed E-state index contributed by atoms with van der Waals surface area (Å²) in [6.45, 7) is 0. The summed E-state index contributed by atoms with van der Waals surface area (Å²) in [5.74, 6) is -0.209. The molecule has 0 atom stereocenters. The van der Waals surface area contributed by atoms with Crippen molar-refractivity contribution < 1.29 is 4.79 Å². The number of hydrogen-bond donors (Lipinski definition) is 1. The summed E-state index contributed by atoms with van der Waals surface area (Å²) in [5.41, 5.74) is 4.21. The Morgan fingerprint density at radius 1 is 1.05 bits per heavy atom. The van der Waals surface area contributed by atoms with Gasteiger partial charge in [-0.25, -0.2) is 5.43 Å². The normalized spacial score (nSPS) is 11.1. The fourth-order valence-electron chi connectivity index (χ4n) is 1.56. The second-order valence-electron chi connectivity index (χ2n) is 3.97. The second kappa shape index (κ2) is 7.59. The Hall–Kier alpha value is -1.95. The zero-order valence-corrected chi connectivity index (χ0v) is 12.8.